The maximum Gasteiger partial charge on any atom is 0.341 e. The second-order valence-corrected chi connectivity index (χ2v) is 5.37. The first kappa shape index (κ1) is 15.1. The van der Waals surface area contributed by atoms with Crippen molar-refractivity contribution < 1.29 is 23.5 Å². The maximum atomic E-state index is 14.4. The summed E-state index contributed by atoms with van der Waals surface area (Å²) in [7, 11) is 0. The lowest BCUT2D eigenvalue weighted by Gasteiger charge is -2.14. The van der Waals surface area contributed by atoms with Gasteiger partial charge < -0.3 is 9.14 Å². The lowest BCUT2D eigenvalue weighted by atomic mass is 9.88. The summed E-state index contributed by atoms with van der Waals surface area (Å²) in [5.74, 6) is -2.72. The van der Waals surface area contributed by atoms with Crippen molar-refractivity contribution in [2.75, 3.05) is 6.61 Å². The lowest BCUT2D eigenvalue weighted by molar-refractivity contribution is 0.0525. The van der Waals surface area contributed by atoms with E-state index in [1.54, 1.807) is 6.92 Å². The molecule has 0 fully saturated rings. The molecule has 0 saturated carbocycles. The summed E-state index contributed by atoms with van der Waals surface area (Å²) in [6.07, 6.45) is 3.76. The number of ether oxygens (including phenoxy) is 1. The van der Waals surface area contributed by atoms with Crippen LogP contribution in [0, 0.1) is 5.82 Å². The Balaban J connectivity index is 2.15. The van der Waals surface area contributed by atoms with Crippen LogP contribution in [0.5, 0.6) is 0 Å². The smallest absolute Gasteiger partial charge is 0.341 e. The molecule has 4 rings (SSSR count). The van der Waals surface area contributed by atoms with Gasteiger partial charge in [-0.15, -0.1) is 0 Å². The van der Waals surface area contributed by atoms with Gasteiger partial charge in [-0.05, 0) is 19.1 Å². The molecule has 0 spiro atoms. The molecule has 0 saturated heterocycles. The van der Waals surface area contributed by atoms with Crippen LogP contribution in [0.3, 0.4) is 0 Å². The summed E-state index contributed by atoms with van der Waals surface area (Å²) in [5, 5.41) is 7.24. The van der Waals surface area contributed by atoms with Gasteiger partial charge in [0.15, 0.2) is 5.78 Å². The predicted octanol–water partition coefficient (Wildman–Crippen LogP) is 1.82. The highest BCUT2D eigenvalue weighted by Crippen LogP contribution is 2.34. The van der Waals surface area contributed by atoms with Gasteiger partial charge >= 0.3 is 5.97 Å². The third kappa shape index (κ3) is 1.94. The molecular weight excluding hydrogens is 329 g/mol. The molecule has 0 unspecified atom stereocenters. The van der Waals surface area contributed by atoms with Crippen LogP contribution in [0.25, 0.3) is 5.52 Å². The maximum absolute atomic E-state index is 14.4. The van der Waals surface area contributed by atoms with Crippen molar-refractivity contribution in [2.45, 2.75) is 6.92 Å². The number of rotatable bonds is 2. The topological polar surface area (TPSA) is 90.6 Å². The van der Waals surface area contributed by atoms with E-state index in [1.165, 1.54) is 22.9 Å². The molecule has 25 heavy (non-hydrogen) atoms. The van der Waals surface area contributed by atoms with Gasteiger partial charge in [-0.1, -0.05) is 0 Å². The molecule has 3 heterocycles. The molecule has 3 aromatic heterocycles. The number of carbonyl (C=O) groups is 3. The van der Waals surface area contributed by atoms with E-state index in [1.807, 2.05) is 0 Å². The van der Waals surface area contributed by atoms with E-state index >= 15 is 0 Å². The summed E-state index contributed by atoms with van der Waals surface area (Å²) in [4.78, 5) is 38.2. The van der Waals surface area contributed by atoms with E-state index in [-0.39, 0.29) is 40.1 Å². The molecule has 7 nitrogen and oxygen atoms in total. The summed E-state index contributed by atoms with van der Waals surface area (Å²) >= 11 is 0. The summed E-state index contributed by atoms with van der Waals surface area (Å²) < 4.78 is 20.6. The van der Waals surface area contributed by atoms with E-state index in [0.717, 1.165) is 12.3 Å². The SMILES string of the molecule is CCOC(=O)c1c2c(n3cccc(F)c13)C(=O)c1cnncc1C2=O. The fourth-order valence-corrected chi connectivity index (χ4v) is 3.06. The average molecular weight is 339 g/mol. The number of nitrogens with zero attached hydrogens (tertiary/aromatic N) is 3. The first-order chi connectivity index (χ1) is 12.1. The van der Waals surface area contributed by atoms with E-state index in [2.05, 4.69) is 10.2 Å². The normalized spacial score (nSPS) is 12.9. The highest BCUT2D eigenvalue weighted by atomic mass is 19.1. The number of ketones is 2. The molecule has 0 amide bonds. The highest BCUT2D eigenvalue weighted by molar-refractivity contribution is 6.31. The summed E-state index contributed by atoms with van der Waals surface area (Å²) in [6, 6.07) is 2.53. The second-order valence-electron chi connectivity index (χ2n) is 5.37. The van der Waals surface area contributed by atoms with E-state index in [9.17, 15) is 18.8 Å². The Morgan fingerprint density at radius 3 is 2.56 bits per heavy atom. The predicted molar refractivity (Wildman–Crippen MR) is 82.2 cm³/mol. The Bertz CT molecular complexity index is 1090. The molecular formula is C17H10FN3O4. The molecule has 0 N–H and O–H groups in total. The monoisotopic (exact) mass is 339 g/mol. The van der Waals surface area contributed by atoms with Crippen molar-refractivity contribution in [3.05, 3.63) is 64.5 Å². The van der Waals surface area contributed by atoms with E-state index < -0.39 is 23.4 Å². The van der Waals surface area contributed by atoms with Crippen LogP contribution in [0.2, 0.25) is 0 Å². The van der Waals surface area contributed by atoms with Gasteiger partial charge in [-0.25, -0.2) is 9.18 Å². The number of pyridine rings is 1. The Labute approximate surface area is 140 Å². The fourth-order valence-electron chi connectivity index (χ4n) is 3.06. The Kier molecular flexibility index (Phi) is 3.21. The first-order valence-corrected chi connectivity index (χ1v) is 7.46. The third-order valence-corrected chi connectivity index (χ3v) is 4.05. The quantitative estimate of drug-likeness (QED) is 0.518. The lowest BCUT2D eigenvalue weighted by Crippen LogP contribution is -2.23. The number of hydrogen-bond acceptors (Lipinski definition) is 6. The van der Waals surface area contributed by atoms with Gasteiger partial charge in [0.05, 0.1) is 41.2 Å². The molecule has 8 heteroatoms. The van der Waals surface area contributed by atoms with Crippen LogP contribution >= 0.6 is 0 Å². The van der Waals surface area contributed by atoms with Gasteiger partial charge in [0, 0.05) is 6.20 Å². The molecule has 0 bridgehead atoms. The van der Waals surface area contributed by atoms with Gasteiger partial charge in [-0.3, -0.25) is 9.59 Å². The van der Waals surface area contributed by atoms with Crippen molar-refractivity contribution in [2.24, 2.45) is 0 Å². The Morgan fingerprint density at radius 2 is 1.88 bits per heavy atom. The molecule has 0 atom stereocenters. The molecule has 0 aromatic carbocycles. The Morgan fingerprint density at radius 1 is 1.20 bits per heavy atom. The second kappa shape index (κ2) is 5.30. The van der Waals surface area contributed by atoms with E-state index in [4.69, 9.17) is 4.74 Å². The summed E-state index contributed by atoms with van der Waals surface area (Å²) in [5.41, 5.74) is -0.588. The van der Waals surface area contributed by atoms with Crippen LogP contribution in [-0.4, -0.2) is 38.7 Å². The van der Waals surface area contributed by atoms with Crippen LogP contribution in [0.15, 0.2) is 30.7 Å². The zero-order chi connectivity index (χ0) is 17.7. The molecule has 124 valence electrons. The van der Waals surface area contributed by atoms with Gasteiger partial charge in [0.1, 0.15) is 17.1 Å². The van der Waals surface area contributed by atoms with Crippen molar-refractivity contribution in [3.63, 3.8) is 0 Å². The molecule has 1 aliphatic carbocycles. The minimum atomic E-state index is -0.863. The third-order valence-electron chi connectivity index (χ3n) is 4.05. The van der Waals surface area contributed by atoms with Gasteiger partial charge in [0.25, 0.3) is 0 Å². The number of esters is 1. The van der Waals surface area contributed by atoms with Crippen molar-refractivity contribution >= 4 is 23.1 Å². The van der Waals surface area contributed by atoms with Gasteiger partial charge in [0.2, 0.25) is 5.78 Å². The van der Waals surface area contributed by atoms with Crippen LogP contribution < -0.4 is 0 Å². The first-order valence-electron chi connectivity index (χ1n) is 7.46. The molecule has 0 aliphatic heterocycles. The van der Waals surface area contributed by atoms with Crippen molar-refractivity contribution in [1.29, 1.82) is 0 Å². The fraction of sp³-hybridized carbons (Fsp3) is 0.118. The number of hydrogen-bond donors (Lipinski definition) is 0. The van der Waals surface area contributed by atoms with Crippen LogP contribution in [0.4, 0.5) is 4.39 Å². The van der Waals surface area contributed by atoms with E-state index in [0.29, 0.717) is 0 Å². The van der Waals surface area contributed by atoms with Crippen LogP contribution in [-0.2, 0) is 4.74 Å². The average Bonchev–Trinajstić information content (AvgIpc) is 2.97. The number of halogens is 1. The zero-order valence-corrected chi connectivity index (χ0v) is 12.9. The number of aromatic nitrogens is 3. The van der Waals surface area contributed by atoms with Crippen molar-refractivity contribution in [3.8, 4) is 0 Å². The number of carbonyl (C=O) groups excluding carboxylic acids is 3. The minimum Gasteiger partial charge on any atom is -0.462 e. The van der Waals surface area contributed by atoms with Crippen molar-refractivity contribution in [1.82, 2.24) is 14.6 Å². The summed E-state index contributed by atoms with van der Waals surface area (Å²) in [6.45, 7) is 1.64. The molecule has 3 aromatic rings. The highest BCUT2D eigenvalue weighted by Gasteiger charge is 2.39. The minimum absolute atomic E-state index is 0.0226. The number of fused-ring (bicyclic) bond motifs is 4. The zero-order valence-electron chi connectivity index (χ0n) is 12.9. The Hall–Kier alpha value is -3.42. The van der Waals surface area contributed by atoms with Gasteiger partial charge in [-0.2, -0.15) is 10.2 Å². The largest absolute Gasteiger partial charge is 0.462 e. The van der Waals surface area contributed by atoms with Crippen LogP contribution in [0.1, 0.15) is 49.3 Å². The standard InChI is InChI=1S/C17H10FN3O4/c1-2-25-17(24)12-11-14(21-5-3-4-10(18)13(12)21)16(23)9-7-20-19-6-8(9)15(11)22/h3-7H,2H2,1H3. The molecule has 1 aliphatic rings. The molecule has 0 radical (unpaired) electrons.